The van der Waals surface area contributed by atoms with E-state index < -0.39 is 0 Å². The van der Waals surface area contributed by atoms with E-state index in [2.05, 4.69) is 11.4 Å². The maximum atomic E-state index is 8.77. The summed E-state index contributed by atoms with van der Waals surface area (Å²) in [6, 6.07) is 7.36. The van der Waals surface area contributed by atoms with E-state index in [4.69, 9.17) is 15.7 Å². The van der Waals surface area contributed by atoms with E-state index in [1.807, 2.05) is 6.07 Å². The van der Waals surface area contributed by atoms with Crippen molar-refractivity contribution in [3.63, 3.8) is 0 Å². The molecule has 0 aromatic heterocycles. The van der Waals surface area contributed by atoms with Crippen LogP contribution in [0.3, 0.4) is 0 Å². The second-order valence-electron chi connectivity index (χ2n) is 4.97. The van der Waals surface area contributed by atoms with Crippen LogP contribution >= 0.6 is 0 Å². The van der Waals surface area contributed by atoms with Gasteiger partial charge in [-0.2, -0.15) is 5.26 Å². The molecule has 0 heterocycles. The quantitative estimate of drug-likeness (QED) is 0.630. The van der Waals surface area contributed by atoms with Gasteiger partial charge in [0.15, 0.2) is 0 Å². The van der Waals surface area contributed by atoms with Crippen LogP contribution in [0.5, 0.6) is 0 Å². The molecule has 0 atom stereocenters. The summed E-state index contributed by atoms with van der Waals surface area (Å²) in [6.07, 6.45) is 6.76. The van der Waals surface area contributed by atoms with E-state index in [0.717, 1.165) is 12.2 Å². The molecule has 1 fully saturated rings. The van der Waals surface area contributed by atoms with Gasteiger partial charge in [-0.15, -0.1) is 0 Å². The number of nitrogens with zero attached hydrogens (tertiary/aromatic N) is 1. The van der Waals surface area contributed by atoms with Crippen LogP contribution in [0.4, 0.5) is 11.4 Å². The lowest BCUT2D eigenvalue weighted by atomic mass is 9.98. The number of hydrogen-bond acceptors (Lipinski definition) is 4. The molecule has 102 valence electrons. The molecule has 0 radical (unpaired) electrons. The van der Waals surface area contributed by atoms with Crippen LogP contribution in [0.25, 0.3) is 0 Å². The topological polar surface area (TPSA) is 71.1 Å². The van der Waals surface area contributed by atoms with Gasteiger partial charge in [-0.1, -0.05) is 19.3 Å². The van der Waals surface area contributed by atoms with Crippen molar-refractivity contribution in [2.24, 2.45) is 0 Å². The number of nitriles is 1. The highest BCUT2D eigenvalue weighted by Crippen LogP contribution is 2.21. The molecule has 2 rings (SSSR count). The Hall–Kier alpha value is -1.73. The molecule has 0 spiro atoms. The summed E-state index contributed by atoms with van der Waals surface area (Å²) in [5, 5.41) is 12.0. The molecule has 0 unspecified atom stereocenters. The molecule has 0 bridgehead atoms. The first-order valence-corrected chi connectivity index (χ1v) is 6.94. The fourth-order valence-electron chi connectivity index (χ4n) is 2.44. The Morgan fingerprint density at radius 3 is 2.79 bits per heavy atom. The average Bonchev–Trinajstić information content (AvgIpc) is 2.46. The number of nitrogen functional groups attached to an aromatic ring is 1. The summed E-state index contributed by atoms with van der Waals surface area (Å²) >= 11 is 0. The van der Waals surface area contributed by atoms with E-state index in [1.165, 1.54) is 32.1 Å². The van der Waals surface area contributed by atoms with Crippen molar-refractivity contribution in [3.8, 4) is 6.07 Å². The molecule has 1 aromatic carbocycles. The van der Waals surface area contributed by atoms with E-state index >= 15 is 0 Å². The summed E-state index contributed by atoms with van der Waals surface area (Å²) in [6.45, 7) is 1.44. The second kappa shape index (κ2) is 7.01. The number of nitrogens with one attached hydrogen (secondary N) is 1. The third-order valence-corrected chi connectivity index (χ3v) is 3.50. The molecule has 1 aliphatic carbocycles. The molecular weight excluding hydrogens is 238 g/mol. The predicted octanol–water partition coefficient (Wildman–Crippen LogP) is 2.90. The van der Waals surface area contributed by atoms with Crippen molar-refractivity contribution in [1.29, 1.82) is 5.26 Å². The summed E-state index contributed by atoms with van der Waals surface area (Å²) < 4.78 is 5.83. The standard InChI is InChI=1S/C15H21N3O/c16-11-12-6-7-15(14(17)10-12)18-8-9-19-13-4-2-1-3-5-13/h6-7,10,13,18H,1-5,8-9,17H2. The van der Waals surface area contributed by atoms with Gasteiger partial charge in [0.05, 0.1) is 35.7 Å². The summed E-state index contributed by atoms with van der Waals surface area (Å²) in [5.41, 5.74) is 7.93. The van der Waals surface area contributed by atoms with E-state index in [0.29, 0.717) is 24.0 Å². The maximum Gasteiger partial charge on any atom is 0.0992 e. The van der Waals surface area contributed by atoms with Crippen molar-refractivity contribution < 1.29 is 4.74 Å². The highest BCUT2D eigenvalue weighted by Gasteiger charge is 2.13. The number of nitrogens with two attached hydrogens (primary N) is 1. The molecule has 4 heteroatoms. The van der Waals surface area contributed by atoms with Crippen molar-refractivity contribution in [2.75, 3.05) is 24.2 Å². The lowest BCUT2D eigenvalue weighted by molar-refractivity contribution is 0.0347. The number of rotatable bonds is 5. The Bertz CT molecular complexity index is 447. The molecule has 0 amide bonds. The van der Waals surface area contributed by atoms with Gasteiger partial charge in [0.25, 0.3) is 0 Å². The minimum Gasteiger partial charge on any atom is -0.397 e. The highest BCUT2D eigenvalue weighted by molar-refractivity contribution is 5.68. The van der Waals surface area contributed by atoms with Crippen LogP contribution in [-0.2, 0) is 4.74 Å². The van der Waals surface area contributed by atoms with Crippen molar-refractivity contribution in [1.82, 2.24) is 0 Å². The van der Waals surface area contributed by atoms with Crippen molar-refractivity contribution in [3.05, 3.63) is 23.8 Å². The van der Waals surface area contributed by atoms with Gasteiger partial charge >= 0.3 is 0 Å². The summed E-state index contributed by atoms with van der Waals surface area (Å²) in [5.74, 6) is 0. The number of anilines is 2. The zero-order valence-corrected chi connectivity index (χ0v) is 11.2. The smallest absolute Gasteiger partial charge is 0.0992 e. The number of benzene rings is 1. The highest BCUT2D eigenvalue weighted by atomic mass is 16.5. The molecule has 19 heavy (non-hydrogen) atoms. The minimum absolute atomic E-state index is 0.439. The van der Waals surface area contributed by atoms with Gasteiger partial charge < -0.3 is 15.8 Å². The SMILES string of the molecule is N#Cc1ccc(NCCOC2CCCCC2)c(N)c1. The van der Waals surface area contributed by atoms with Crippen LogP contribution < -0.4 is 11.1 Å². The molecular formula is C15H21N3O. The van der Waals surface area contributed by atoms with Crippen molar-refractivity contribution >= 4 is 11.4 Å². The zero-order chi connectivity index (χ0) is 13.5. The minimum atomic E-state index is 0.439. The van der Waals surface area contributed by atoms with E-state index in [-0.39, 0.29) is 0 Å². The third-order valence-electron chi connectivity index (χ3n) is 3.50. The lowest BCUT2D eigenvalue weighted by Gasteiger charge is -2.22. The second-order valence-corrected chi connectivity index (χ2v) is 4.97. The summed E-state index contributed by atoms with van der Waals surface area (Å²) in [4.78, 5) is 0. The molecule has 1 aliphatic rings. The van der Waals surface area contributed by atoms with Crippen LogP contribution in [0.2, 0.25) is 0 Å². The largest absolute Gasteiger partial charge is 0.397 e. The van der Waals surface area contributed by atoms with Crippen LogP contribution in [0.15, 0.2) is 18.2 Å². The normalized spacial score (nSPS) is 15.9. The Kier molecular flexibility index (Phi) is 5.05. The van der Waals surface area contributed by atoms with E-state index in [1.54, 1.807) is 12.1 Å². The first kappa shape index (κ1) is 13.7. The Labute approximate surface area is 114 Å². The third kappa shape index (κ3) is 4.15. The number of hydrogen-bond donors (Lipinski definition) is 2. The average molecular weight is 259 g/mol. The first-order chi connectivity index (χ1) is 9.29. The van der Waals surface area contributed by atoms with Gasteiger partial charge in [-0.05, 0) is 31.0 Å². The monoisotopic (exact) mass is 259 g/mol. The predicted molar refractivity (Wildman–Crippen MR) is 76.9 cm³/mol. The number of ether oxygens (including phenoxy) is 1. The molecule has 0 aliphatic heterocycles. The van der Waals surface area contributed by atoms with Gasteiger partial charge in [0, 0.05) is 6.54 Å². The Morgan fingerprint density at radius 1 is 1.32 bits per heavy atom. The van der Waals surface area contributed by atoms with Crippen molar-refractivity contribution in [2.45, 2.75) is 38.2 Å². The molecule has 4 nitrogen and oxygen atoms in total. The van der Waals surface area contributed by atoms with Crippen LogP contribution in [0, 0.1) is 11.3 Å². The molecule has 1 aromatic rings. The van der Waals surface area contributed by atoms with Gasteiger partial charge in [-0.25, -0.2) is 0 Å². The van der Waals surface area contributed by atoms with Crippen LogP contribution in [0.1, 0.15) is 37.7 Å². The van der Waals surface area contributed by atoms with Gasteiger partial charge in [0.1, 0.15) is 0 Å². The maximum absolute atomic E-state index is 8.77. The Balaban J connectivity index is 1.72. The first-order valence-electron chi connectivity index (χ1n) is 6.94. The Morgan fingerprint density at radius 2 is 2.11 bits per heavy atom. The van der Waals surface area contributed by atoms with Crippen LogP contribution in [-0.4, -0.2) is 19.3 Å². The molecule has 0 saturated heterocycles. The fourth-order valence-corrected chi connectivity index (χ4v) is 2.44. The van der Waals surface area contributed by atoms with Gasteiger partial charge in [0.2, 0.25) is 0 Å². The zero-order valence-electron chi connectivity index (χ0n) is 11.2. The summed E-state index contributed by atoms with van der Waals surface area (Å²) in [7, 11) is 0. The molecule has 1 saturated carbocycles. The molecule has 3 N–H and O–H groups in total. The van der Waals surface area contributed by atoms with E-state index in [9.17, 15) is 0 Å². The van der Waals surface area contributed by atoms with Gasteiger partial charge in [-0.3, -0.25) is 0 Å². The lowest BCUT2D eigenvalue weighted by Crippen LogP contribution is -2.20. The fraction of sp³-hybridized carbons (Fsp3) is 0.533.